The number of rotatable bonds is 6. The predicted octanol–water partition coefficient (Wildman–Crippen LogP) is 2.91. The molecule has 0 aliphatic heterocycles. The molecule has 17 heavy (non-hydrogen) atoms. The van der Waals surface area contributed by atoms with Crippen molar-refractivity contribution in [2.45, 2.75) is 19.8 Å². The van der Waals surface area contributed by atoms with E-state index in [-0.39, 0.29) is 5.91 Å². The Morgan fingerprint density at radius 2 is 2.18 bits per heavy atom. The quantitative estimate of drug-likeness (QED) is 0.820. The van der Waals surface area contributed by atoms with Crippen molar-refractivity contribution in [1.29, 1.82) is 0 Å². The van der Waals surface area contributed by atoms with Crippen molar-refractivity contribution in [3.05, 3.63) is 33.8 Å². The van der Waals surface area contributed by atoms with Crippen LogP contribution in [0.5, 0.6) is 0 Å². The van der Waals surface area contributed by atoms with Gasteiger partial charge in [0.2, 0.25) is 0 Å². The van der Waals surface area contributed by atoms with Crippen molar-refractivity contribution in [3.8, 4) is 0 Å². The van der Waals surface area contributed by atoms with E-state index in [2.05, 4.69) is 21.2 Å². The largest absolute Gasteiger partial charge is 0.385 e. The molecule has 0 atom stereocenters. The Hall–Kier alpha value is -0.870. The molecule has 1 amide bonds. The minimum Gasteiger partial charge on any atom is -0.385 e. The summed E-state index contributed by atoms with van der Waals surface area (Å²) in [5, 5.41) is 2.90. The van der Waals surface area contributed by atoms with Crippen LogP contribution in [0.4, 0.5) is 0 Å². The fourth-order valence-corrected chi connectivity index (χ4v) is 1.91. The Bertz CT molecular complexity index is 380. The normalized spacial score (nSPS) is 10.3. The van der Waals surface area contributed by atoms with Gasteiger partial charge in [-0.25, -0.2) is 0 Å². The second-order valence-corrected chi connectivity index (χ2v) is 4.79. The number of benzene rings is 1. The Morgan fingerprint density at radius 1 is 1.41 bits per heavy atom. The molecule has 0 unspecified atom stereocenters. The number of carbonyl (C=O) groups is 1. The molecule has 1 aromatic carbocycles. The molecule has 3 nitrogen and oxygen atoms in total. The standard InChI is InChI=1S/C13H18BrNO2/c1-10-5-6-12(14)11(9-10)13(16)15-7-3-4-8-17-2/h5-6,9H,3-4,7-8H2,1-2H3,(H,15,16). The molecule has 0 bridgehead atoms. The van der Waals surface area contributed by atoms with Crippen molar-refractivity contribution in [2.24, 2.45) is 0 Å². The molecule has 0 aliphatic rings. The average molecular weight is 300 g/mol. The van der Waals surface area contributed by atoms with E-state index in [1.54, 1.807) is 7.11 Å². The van der Waals surface area contributed by atoms with Crippen LogP contribution in [0.1, 0.15) is 28.8 Å². The molecule has 0 spiro atoms. The van der Waals surface area contributed by atoms with Gasteiger partial charge in [0.1, 0.15) is 0 Å². The minimum atomic E-state index is -0.0296. The lowest BCUT2D eigenvalue weighted by Crippen LogP contribution is -2.25. The summed E-state index contributed by atoms with van der Waals surface area (Å²) in [5.41, 5.74) is 1.77. The maximum atomic E-state index is 11.9. The number of amides is 1. The highest BCUT2D eigenvalue weighted by Crippen LogP contribution is 2.17. The minimum absolute atomic E-state index is 0.0296. The molecule has 4 heteroatoms. The smallest absolute Gasteiger partial charge is 0.252 e. The fraction of sp³-hybridized carbons (Fsp3) is 0.462. The monoisotopic (exact) mass is 299 g/mol. The Balaban J connectivity index is 2.44. The molecular weight excluding hydrogens is 282 g/mol. The van der Waals surface area contributed by atoms with Gasteiger partial charge in [-0.1, -0.05) is 11.6 Å². The first kappa shape index (κ1) is 14.2. The van der Waals surface area contributed by atoms with Crippen LogP contribution in [-0.2, 0) is 4.74 Å². The Morgan fingerprint density at radius 3 is 2.88 bits per heavy atom. The van der Waals surface area contributed by atoms with E-state index in [1.165, 1.54) is 0 Å². The van der Waals surface area contributed by atoms with E-state index < -0.39 is 0 Å². The third-order valence-corrected chi connectivity index (χ3v) is 3.12. The van der Waals surface area contributed by atoms with Crippen molar-refractivity contribution in [3.63, 3.8) is 0 Å². The zero-order valence-corrected chi connectivity index (χ0v) is 11.8. The molecule has 1 aromatic rings. The fourth-order valence-electron chi connectivity index (χ4n) is 1.48. The number of halogens is 1. The van der Waals surface area contributed by atoms with Gasteiger partial charge in [-0.2, -0.15) is 0 Å². The second kappa shape index (κ2) is 7.45. The van der Waals surface area contributed by atoms with Gasteiger partial charge in [-0.3, -0.25) is 4.79 Å². The van der Waals surface area contributed by atoms with E-state index in [9.17, 15) is 4.79 Å². The Kier molecular flexibility index (Phi) is 6.22. The van der Waals surface area contributed by atoms with Crippen molar-refractivity contribution < 1.29 is 9.53 Å². The van der Waals surface area contributed by atoms with Crippen LogP contribution in [0.15, 0.2) is 22.7 Å². The molecule has 1 rings (SSSR count). The van der Waals surface area contributed by atoms with Crippen molar-refractivity contribution >= 4 is 21.8 Å². The summed E-state index contributed by atoms with van der Waals surface area (Å²) in [6.45, 7) is 3.40. The summed E-state index contributed by atoms with van der Waals surface area (Å²) in [6, 6.07) is 5.75. The van der Waals surface area contributed by atoms with E-state index >= 15 is 0 Å². The number of methoxy groups -OCH3 is 1. The number of ether oxygens (including phenoxy) is 1. The molecule has 0 aromatic heterocycles. The number of hydrogen-bond acceptors (Lipinski definition) is 2. The molecule has 0 fully saturated rings. The third-order valence-electron chi connectivity index (χ3n) is 2.43. The highest BCUT2D eigenvalue weighted by atomic mass is 79.9. The van der Waals surface area contributed by atoms with Gasteiger partial charge in [0.15, 0.2) is 0 Å². The lowest BCUT2D eigenvalue weighted by atomic mass is 10.1. The van der Waals surface area contributed by atoms with Gasteiger partial charge < -0.3 is 10.1 Å². The second-order valence-electron chi connectivity index (χ2n) is 3.94. The lowest BCUT2D eigenvalue weighted by molar-refractivity contribution is 0.0950. The van der Waals surface area contributed by atoms with Gasteiger partial charge in [0.05, 0.1) is 5.56 Å². The zero-order chi connectivity index (χ0) is 12.7. The molecule has 0 saturated carbocycles. The van der Waals surface area contributed by atoms with Crippen LogP contribution in [0, 0.1) is 6.92 Å². The van der Waals surface area contributed by atoms with Gasteiger partial charge in [0.25, 0.3) is 5.91 Å². The summed E-state index contributed by atoms with van der Waals surface area (Å²) in [7, 11) is 1.68. The highest BCUT2D eigenvalue weighted by molar-refractivity contribution is 9.10. The average Bonchev–Trinajstić information content (AvgIpc) is 2.32. The molecule has 0 aliphatic carbocycles. The van der Waals surface area contributed by atoms with Crippen LogP contribution in [0.2, 0.25) is 0 Å². The first-order valence-electron chi connectivity index (χ1n) is 5.68. The predicted molar refractivity (Wildman–Crippen MR) is 72.3 cm³/mol. The van der Waals surface area contributed by atoms with Crippen LogP contribution >= 0.6 is 15.9 Å². The van der Waals surface area contributed by atoms with E-state index in [0.717, 1.165) is 29.5 Å². The lowest BCUT2D eigenvalue weighted by Gasteiger charge is -2.07. The number of aryl methyl sites for hydroxylation is 1. The van der Waals surface area contributed by atoms with Gasteiger partial charge in [-0.05, 0) is 47.8 Å². The summed E-state index contributed by atoms with van der Waals surface area (Å²) >= 11 is 3.38. The molecule has 0 radical (unpaired) electrons. The van der Waals surface area contributed by atoms with E-state index in [0.29, 0.717) is 12.1 Å². The number of hydrogen-bond donors (Lipinski definition) is 1. The number of carbonyl (C=O) groups excluding carboxylic acids is 1. The molecule has 1 N–H and O–H groups in total. The van der Waals surface area contributed by atoms with Gasteiger partial charge >= 0.3 is 0 Å². The van der Waals surface area contributed by atoms with Gasteiger partial charge in [-0.15, -0.1) is 0 Å². The third kappa shape index (κ3) is 4.88. The summed E-state index contributed by atoms with van der Waals surface area (Å²) in [4.78, 5) is 11.9. The molecule has 94 valence electrons. The highest BCUT2D eigenvalue weighted by Gasteiger charge is 2.08. The number of unbranched alkanes of at least 4 members (excludes halogenated alkanes) is 1. The van der Waals surface area contributed by atoms with Gasteiger partial charge in [0, 0.05) is 24.7 Å². The summed E-state index contributed by atoms with van der Waals surface area (Å²) in [5.74, 6) is -0.0296. The molecule has 0 saturated heterocycles. The van der Waals surface area contributed by atoms with Crippen LogP contribution in [-0.4, -0.2) is 26.2 Å². The topological polar surface area (TPSA) is 38.3 Å². The SMILES string of the molecule is COCCCCNC(=O)c1cc(C)ccc1Br. The Labute approximate surface area is 111 Å². The van der Waals surface area contributed by atoms with Crippen LogP contribution in [0.25, 0.3) is 0 Å². The number of nitrogens with one attached hydrogen (secondary N) is 1. The van der Waals surface area contributed by atoms with Crippen molar-refractivity contribution in [2.75, 3.05) is 20.3 Å². The first-order valence-corrected chi connectivity index (χ1v) is 6.47. The maximum Gasteiger partial charge on any atom is 0.252 e. The zero-order valence-electron chi connectivity index (χ0n) is 10.3. The summed E-state index contributed by atoms with van der Waals surface area (Å²) in [6.07, 6.45) is 1.90. The first-order chi connectivity index (χ1) is 8.15. The molecular formula is C13H18BrNO2. The van der Waals surface area contributed by atoms with Crippen molar-refractivity contribution in [1.82, 2.24) is 5.32 Å². The van der Waals surface area contributed by atoms with E-state index in [1.807, 2.05) is 25.1 Å². The maximum absolute atomic E-state index is 11.9. The van der Waals surface area contributed by atoms with Crippen LogP contribution in [0.3, 0.4) is 0 Å². The summed E-state index contributed by atoms with van der Waals surface area (Å²) < 4.78 is 5.78. The molecule has 0 heterocycles. The van der Waals surface area contributed by atoms with E-state index in [4.69, 9.17) is 4.74 Å². The van der Waals surface area contributed by atoms with Crippen LogP contribution < -0.4 is 5.32 Å².